The molecule has 6 heteroatoms. The second-order valence-electron chi connectivity index (χ2n) is 9.95. The van der Waals surface area contributed by atoms with Crippen LogP contribution >= 0.6 is 11.3 Å². The van der Waals surface area contributed by atoms with Gasteiger partial charge in [0.2, 0.25) is 0 Å². The SMILES string of the molecule is CCN1CCc2c(sc3c2CN(C(=O)Nc2ccc(C)cc2)C(c2ccc(C)cc2)c2cccn2-3)C1. The fraction of sp³-hybridized carbons (Fsp3) is 0.300. The fourth-order valence-corrected chi connectivity index (χ4v) is 6.88. The number of rotatable bonds is 3. The summed E-state index contributed by atoms with van der Waals surface area (Å²) in [5, 5.41) is 4.46. The second-order valence-corrected chi connectivity index (χ2v) is 11.0. The number of thiophene rings is 1. The standard InChI is InChI=1S/C30H32N4OS/c1-4-32-17-15-24-25-18-34(30(35)31-23-13-9-21(3)10-14-23)28(22-11-7-20(2)8-12-22)26-6-5-16-33(26)29(25)36-27(24)19-32/h5-14,16,28H,4,15,17-19H2,1-3H3,(H,31,35). The molecule has 0 aliphatic carbocycles. The van der Waals surface area contributed by atoms with Gasteiger partial charge in [0.05, 0.1) is 18.3 Å². The summed E-state index contributed by atoms with van der Waals surface area (Å²) in [5.41, 5.74) is 8.21. The molecule has 4 aromatic rings. The molecule has 4 heterocycles. The molecule has 36 heavy (non-hydrogen) atoms. The summed E-state index contributed by atoms with van der Waals surface area (Å²) in [6.45, 7) is 10.1. The molecule has 0 radical (unpaired) electrons. The zero-order chi connectivity index (χ0) is 24.8. The number of carbonyl (C=O) groups is 1. The van der Waals surface area contributed by atoms with Crippen molar-refractivity contribution in [3.05, 3.63) is 105 Å². The number of likely N-dealkylation sites (N-methyl/N-ethyl adjacent to an activating group) is 1. The predicted molar refractivity (Wildman–Crippen MR) is 147 cm³/mol. The highest BCUT2D eigenvalue weighted by Gasteiger charge is 2.36. The van der Waals surface area contributed by atoms with E-state index >= 15 is 0 Å². The Hall–Kier alpha value is -3.35. The number of nitrogens with zero attached hydrogens (tertiary/aromatic N) is 3. The minimum absolute atomic E-state index is 0.0732. The van der Waals surface area contributed by atoms with E-state index in [2.05, 4.69) is 78.2 Å². The molecule has 1 N–H and O–H groups in total. The monoisotopic (exact) mass is 496 g/mol. The number of benzene rings is 2. The minimum atomic E-state index is -0.183. The summed E-state index contributed by atoms with van der Waals surface area (Å²) in [7, 11) is 0. The number of carbonyl (C=O) groups excluding carboxylic acids is 1. The molecule has 2 aliphatic rings. The highest BCUT2D eigenvalue weighted by molar-refractivity contribution is 7.15. The normalized spacial score (nSPS) is 17.2. The molecular weight excluding hydrogens is 464 g/mol. The van der Waals surface area contributed by atoms with Crippen LogP contribution in [0.25, 0.3) is 5.00 Å². The van der Waals surface area contributed by atoms with Crippen LogP contribution in [0.5, 0.6) is 0 Å². The Labute approximate surface area is 217 Å². The zero-order valence-corrected chi connectivity index (χ0v) is 21.9. The van der Waals surface area contributed by atoms with Crippen molar-refractivity contribution in [2.45, 2.75) is 46.3 Å². The van der Waals surface area contributed by atoms with Gasteiger partial charge >= 0.3 is 6.03 Å². The Bertz CT molecular complexity index is 1400. The predicted octanol–water partition coefficient (Wildman–Crippen LogP) is 6.67. The average molecular weight is 497 g/mol. The Balaban J connectivity index is 1.47. The molecule has 6 rings (SSSR count). The summed E-state index contributed by atoms with van der Waals surface area (Å²) >= 11 is 1.90. The summed E-state index contributed by atoms with van der Waals surface area (Å²) in [6.07, 6.45) is 3.20. The number of nitrogens with one attached hydrogen (secondary N) is 1. The lowest BCUT2D eigenvalue weighted by atomic mass is 9.99. The van der Waals surface area contributed by atoms with Gasteiger partial charge in [-0.3, -0.25) is 4.90 Å². The van der Waals surface area contributed by atoms with Gasteiger partial charge in [-0.2, -0.15) is 0 Å². The molecule has 1 unspecified atom stereocenters. The minimum Gasteiger partial charge on any atom is -0.310 e. The molecule has 5 nitrogen and oxygen atoms in total. The van der Waals surface area contributed by atoms with E-state index in [4.69, 9.17) is 0 Å². The summed E-state index contributed by atoms with van der Waals surface area (Å²) < 4.78 is 2.33. The third-order valence-electron chi connectivity index (χ3n) is 7.55. The van der Waals surface area contributed by atoms with Crippen molar-refractivity contribution in [2.75, 3.05) is 18.4 Å². The Kier molecular flexibility index (Phi) is 5.94. The number of fused-ring (bicyclic) bond motifs is 5. The third kappa shape index (κ3) is 4.04. The van der Waals surface area contributed by atoms with Crippen molar-refractivity contribution in [1.29, 1.82) is 0 Å². The van der Waals surface area contributed by atoms with Crippen LogP contribution in [0.4, 0.5) is 10.5 Å². The molecule has 1 atom stereocenters. The quantitative estimate of drug-likeness (QED) is 0.344. The van der Waals surface area contributed by atoms with Crippen molar-refractivity contribution >= 4 is 23.1 Å². The van der Waals surface area contributed by atoms with E-state index in [1.165, 1.54) is 32.1 Å². The van der Waals surface area contributed by atoms with Crippen LogP contribution in [0.3, 0.4) is 0 Å². The lowest BCUT2D eigenvalue weighted by Crippen LogP contribution is -2.38. The number of hydrogen-bond donors (Lipinski definition) is 1. The average Bonchev–Trinajstić information content (AvgIpc) is 3.47. The molecule has 0 bridgehead atoms. The lowest BCUT2D eigenvalue weighted by molar-refractivity contribution is 0.194. The maximum Gasteiger partial charge on any atom is 0.322 e. The van der Waals surface area contributed by atoms with E-state index in [0.717, 1.165) is 43.0 Å². The number of amides is 2. The molecule has 2 amide bonds. The molecule has 0 saturated carbocycles. The summed E-state index contributed by atoms with van der Waals surface area (Å²) in [4.78, 5) is 20.0. The molecule has 2 aliphatic heterocycles. The van der Waals surface area contributed by atoms with Crippen molar-refractivity contribution in [3.63, 3.8) is 0 Å². The molecule has 184 valence electrons. The van der Waals surface area contributed by atoms with E-state index in [1.54, 1.807) is 0 Å². The number of anilines is 1. The number of urea groups is 1. The smallest absolute Gasteiger partial charge is 0.310 e. The topological polar surface area (TPSA) is 40.5 Å². The van der Waals surface area contributed by atoms with Gasteiger partial charge < -0.3 is 14.8 Å². The van der Waals surface area contributed by atoms with Crippen LogP contribution in [0.15, 0.2) is 66.9 Å². The number of hydrogen-bond acceptors (Lipinski definition) is 3. The molecule has 0 fully saturated rings. The van der Waals surface area contributed by atoms with Crippen LogP contribution in [-0.2, 0) is 19.5 Å². The molecule has 2 aromatic heterocycles. The van der Waals surface area contributed by atoms with Crippen molar-refractivity contribution in [3.8, 4) is 5.00 Å². The van der Waals surface area contributed by atoms with E-state index < -0.39 is 0 Å². The van der Waals surface area contributed by atoms with Crippen LogP contribution in [0.1, 0.15) is 51.4 Å². The highest BCUT2D eigenvalue weighted by Crippen LogP contribution is 2.43. The number of aryl methyl sites for hydroxylation is 2. The summed E-state index contributed by atoms with van der Waals surface area (Å²) in [5.74, 6) is 0. The first-order valence-electron chi connectivity index (χ1n) is 12.8. The van der Waals surface area contributed by atoms with E-state index in [1.807, 2.05) is 40.5 Å². The van der Waals surface area contributed by atoms with Gasteiger partial charge in [-0.1, -0.05) is 54.4 Å². The van der Waals surface area contributed by atoms with Crippen LogP contribution in [0.2, 0.25) is 0 Å². The van der Waals surface area contributed by atoms with Crippen LogP contribution in [-0.4, -0.2) is 33.5 Å². The van der Waals surface area contributed by atoms with Gasteiger partial charge in [0.1, 0.15) is 5.00 Å². The first-order valence-corrected chi connectivity index (χ1v) is 13.6. The van der Waals surface area contributed by atoms with Gasteiger partial charge in [0, 0.05) is 35.4 Å². The largest absolute Gasteiger partial charge is 0.322 e. The van der Waals surface area contributed by atoms with Crippen molar-refractivity contribution < 1.29 is 4.79 Å². The highest BCUT2D eigenvalue weighted by atomic mass is 32.1. The molecule has 2 aromatic carbocycles. The fourth-order valence-electron chi connectivity index (χ4n) is 5.48. The first-order chi connectivity index (χ1) is 17.5. The van der Waals surface area contributed by atoms with Gasteiger partial charge in [0.25, 0.3) is 0 Å². The van der Waals surface area contributed by atoms with Gasteiger partial charge in [-0.05, 0) is 62.2 Å². The zero-order valence-electron chi connectivity index (χ0n) is 21.1. The third-order valence-corrected chi connectivity index (χ3v) is 8.81. The Morgan fingerprint density at radius 1 is 0.972 bits per heavy atom. The molecular formula is C30H32N4OS. The molecule has 0 spiro atoms. The lowest BCUT2D eigenvalue weighted by Gasteiger charge is -2.32. The van der Waals surface area contributed by atoms with E-state index in [-0.39, 0.29) is 12.1 Å². The van der Waals surface area contributed by atoms with Crippen molar-refractivity contribution in [2.24, 2.45) is 0 Å². The van der Waals surface area contributed by atoms with Crippen LogP contribution < -0.4 is 5.32 Å². The second kappa shape index (κ2) is 9.26. The van der Waals surface area contributed by atoms with Gasteiger partial charge in [-0.15, -0.1) is 11.3 Å². The Morgan fingerprint density at radius 3 is 2.42 bits per heavy atom. The van der Waals surface area contributed by atoms with Gasteiger partial charge in [0.15, 0.2) is 0 Å². The Morgan fingerprint density at radius 2 is 1.69 bits per heavy atom. The first kappa shape index (κ1) is 23.1. The van der Waals surface area contributed by atoms with Gasteiger partial charge in [-0.25, -0.2) is 4.79 Å². The maximum atomic E-state index is 14.0. The number of aromatic nitrogens is 1. The van der Waals surface area contributed by atoms with E-state index in [0.29, 0.717) is 6.54 Å². The maximum absolute atomic E-state index is 14.0. The van der Waals surface area contributed by atoms with Crippen LogP contribution in [0, 0.1) is 13.8 Å². The van der Waals surface area contributed by atoms with E-state index in [9.17, 15) is 4.79 Å². The summed E-state index contributed by atoms with van der Waals surface area (Å²) in [6, 6.07) is 20.7. The molecule has 0 saturated heterocycles. The van der Waals surface area contributed by atoms with Crippen molar-refractivity contribution in [1.82, 2.24) is 14.4 Å².